The Morgan fingerprint density at radius 3 is 2.86 bits per heavy atom. The van der Waals surface area contributed by atoms with E-state index in [0.717, 1.165) is 17.7 Å². The van der Waals surface area contributed by atoms with Crippen LogP contribution in [-0.2, 0) is 13.1 Å². The van der Waals surface area contributed by atoms with Crippen molar-refractivity contribution >= 4 is 5.69 Å². The first kappa shape index (κ1) is 15.2. The van der Waals surface area contributed by atoms with Crippen molar-refractivity contribution in [2.24, 2.45) is 0 Å². The molecule has 1 heterocycles. The summed E-state index contributed by atoms with van der Waals surface area (Å²) in [6.45, 7) is 7.32. The topological polar surface area (TPSA) is 73.0 Å². The van der Waals surface area contributed by atoms with Crippen molar-refractivity contribution in [1.29, 1.82) is 0 Å². The highest BCUT2D eigenvalue weighted by Gasteiger charge is 2.14. The number of aromatic nitrogens is 2. The van der Waals surface area contributed by atoms with E-state index in [1.54, 1.807) is 13.0 Å². The van der Waals surface area contributed by atoms with Gasteiger partial charge in [-0.15, -0.1) is 0 Å². The fourth-order valence-electron chi connectivity index (χ4n) is 2.22. The molecule has 6 heteroatoms. The summed E-state index contributed by atoms with van der Waals surface area (Å²) in [4.78, 5) is 10.6. The van der Waals surface area contributed by atoms with Gasteiger partial charge in [0.2, 0.25) is 0 Å². The van der Waals surface area contributed by atoms with Crippen LogP contribution in [-0.4, -0.2) is 14.7 Å². The van der Waals surface area contributed by atoms with Gasteiger partial charge < -0.3 is 5.32 Å². The molecule has 2 aromatic rings. The number of nitrogens with one attached hydrogen (secondary N) is 1. The van der Waals surface area contributed by atoms with Crippen LogP contribution in [0.25, 0.3) is 0 Å². The molecule has 0 spiro atoms. The molecule has 0 amide bonds. The fraction of sp³-hybridized carbons (Fsp3) is 0.400. The molecule has 0 fully saturated rings. The summed E-state index contributed by atoms with van der Waals surface area (Å²) in [6, 6.07) is 5.32. The highest BCUT2D eigenvalue weighted by atomic mass is 16.6. The molecule has 0 saturated carbocycles. The van der Waals surface area contributed by atoms with Crippen LogP contribution in [0.15, 0.2) is 30.6 Å². The Morgan fingerprint density at radius 2 is 2.24 bits per heavy atom. The minimum atomic E-state index is -0.340. The molecule has 0 aliphatic heterocycles. The van der Waals surface area contributed by atoms with Gasteiger partial charge in [0.25, 0.3) is 5.69 Å². The molecule has 6 nitrogen and oxygen atoms in total. The van der Waals surface area contributed by atoms with Crippen LogP contribution in [0.1, 0.15) is 36.6 Å². The second kappa shape index (κ2) is 6.49. The van der Waals surface area contributed by atoms with E-state index in [-0.39, 0.29) is 16.7 Å². The zero-order valence-electron chi connectivity index (χ0n) is 12.5. The Balaban J connectivity index is 2.06. The second-order valence-corrected chi connectivity index (χ2v) is 5.05. The summed E-state index contributed by atoms with van der Waals surface area (Å²) in [5.74, 6) is 0. The van der Waals surface area contributed by atoms with E-state index in [0.29, 0.717) is 12.1 Å². The van der Waals surface area contributed by atoms with Gasteiger partial charge in [-0.3, -0.25) is 14.8 Å². The third-order valence-corrected chi connectivity index (χ3v) is 3.69. The highest BCUT2D eigenvalue weighted by molar-refractivity contribution is 5.44. The molecule has 0 aliphatic carbocycles. The maximum absolute atomic E-state index is 10.9. The molecule has 1 atom stereocenters. The third-order valence-electron chi connectivity index (χ3n) is 3.69. The Labute approximate surface area is 123 Å². The van der Waals surface area contributed by atoms with Crippen LogP contribution in [0.4, 0.5) is 5.69 Å². The van der Waals surface area contributed by atoms with E-state index < -0.39 is 0 Å². The maximum Gasteiger partial charge on any atom is 0.272 e. The van der Waals surface area contributed by atoms with Crippen LogP contribution in [0.5, 0.6) is 0 Å². The van der Waals surface area contributed by atoms with Gasteiger partial charge in [0.05, 0.1) is 11.1 Å². The second-order valence-electron chi connectivity index (χ2n) is 5.05. The number of nitrogens with zero attached hydrogens (tertiary/aromatic N) is 3. The van der Waals surface area contributed by atoms with Gasteiger partial charge in [0.15, 0.2) is 0 Å². The number of benzene rings is 1. The fourth-order valence-corrected chi connectivity index (χ4v) is 2.22. The first-order chi connectivity index (χ1) is 10.0. The number of rotatable bonds is 6. The lowest BCUT2D eigenvalue weighted by atomic mass is 10.1. The van der Waals surface area contributed by atoms with Gasteiger partial charge in [0, 0.05) is 42.5 Å². The zero-order chi connectivity index (χ0) is 15.4. The lowest BCUT2D eigenvalue weighted by molar-refractivity contribution is -0.385. The molecule has 21 heavy (non-hydrogen) atoms. The van der Waals surface area contributed by atoms with Crippen molar-refractivity contribution in [2.45, 2.75) is 39.9 Å². The molecule has 112 valence electrons. The first-order valence-electron chi connectivity index (χ1n) is 7.01. The highest BCUT2D eigenvalue weighted by Crippen LogP contribution is 2.21. The van der Waals surface area contributed by atoms with Crippen LogP contribution >= 0.6 is 0 Å². The minimum Gasteiger partial charge on any atom is -0.306 e. The smallest absolute Gasteiger partial charge is 0.272 e. The maximum atomic E-state index is 10.9. The zero-order valence-corrected chi connectivity index (χ0v) is 12.5. The largest absolute Gasteiger partial charge is 0.306 e. The quantitative estimate of drug-likeness (QED) is 0.655. The molecule has 1 aromatic carbocycles. The van der Waals surface area contributed by atoms with Gasteiger partial charge in [-0.05, 0) is 26.3 Å². The molecule has 0 bridgehead atoms. The Hall–Kier alpha value is -2.21. The lowest BCUT2D eigenvalue weighted by Crippen LogP contribution is -2.18. The first-order valence-corrected chi connectivity index (χ1v) is 7.01. The minimum absolute atomic E-state index is 0.143. The predicted molar refractivity (Wildman–Crippen MR) is 81.0 cm³/mol. The van der Waals surface area contributed by atoms with Gasteiger partial charge in [-0.2, -0.15) is 5.10 Å². The molecular formula is C15H20N4O2. The van der Waals surface area contributed by atoms with Gasteiger partial charge >= 0.3 is 0 Å². The monoisotopic (exact) mass is 288 g/mol. The molecule has 0 saturated heterocycles. The molecule has 2 rings (SSSR count). The van der Waals surface area contributed by atoms with Crippen LogP contribution in [0.2, 0.25) is 0 Å². The summed E-state index contributed by atoms with van der Waals surface area (Å²) in [7, 11) is 0. The van der Waals surface area contributed by atoms with Gasteiger partial charge in [0.1, 0.15) is 0 Å². The molecule has 0 radical (unpaired) electrons. The van der Waals surface area contributed by atoms with Gasteiger partial charge in [-0.1, -0.05) is 12.1 Å². The standard InChI is InChI=1S/C15H20N4O2/c1-4-18-10-14(9-17-18)12(3)16-8-13-6-5-7-15(11(13)2)19(20)21/h5-7,9-10,12,16H,4,8H2,1-3H3. The number of hydrogen-bond donors (Lipinski definition) is 1. The predicted octanol–water partition coefficient (Wildman–Crippen LogP) is 2.97. The summed E-state index contributed by atoms with van der Waals surface area (Å²) < 4.78 is 1.88. The summed E-state index contributed by atoms with van der Waals surface area (Å²) >= 11 is 0. The van der Waals surface area contributed by atoms with Crippen molar-refractivity contribution in [3.8, 4) is 0 Å². The van der Waals surface area contributed by atoms with Crippen LogP contribution < -0.4 is 5.32 Å². The van der Waals surface area contributed by atoms with Crippen LogP contribution in [0.3, 0.4) is 0 Å². The molecule has 1 aromatic heterocycles. The van der Waals surface area contributed by atoms with Crippen LogP contribution in [0, 0.1) is 17.0 Å². The number of hydrogen-bond acceptors (Lipinski definition) is 4. The molecule has 0 aliphatic rings. The van der Waals surface area contributed by atoms with Gasteiger partial charge in [-0.25, -0.2) is 0 Å². The third kappa shape index (κ3) is 3.46. The van der Waals surface area contributed by atoms with Crippen molar-refractivity contribution < 1.29 is 4.92 Å². The molecule has 1 unspecified atom stereocenters. The Kier molecular flexibility index (Phi) is 4.70. The van der Waals surface area contributed by atoms with Crippen molar-refractivity contribution in [2.75, 3.05) is 0 Å². The van der Waals surface area contributed by atoms with Crippen molar-refractivity contribution in [1.82, 2.24) is 15.1 Å². The van der Waals surface area contributed by atoms with E-state index in [1.807, 2.05) is 30.1 Å². The average molecular weight is 288 g/mol. The Morgan fingerprint density at radius 1 is 1.48 bits per heavy atom. The number of nitro benzene ring substituents is 1. The SMILES string of the molecule is CCn1cc(C(C)NCc2cccc([N+](=O)[O-])c2C)cn1. The Bertz CT molecular complexity index is 636. The summed E-state index contributed by atoms with van der Waals surface area (Å²) in [5, 5.41) is 18.6. The molecule has 1 N–H and O–H groups in total. The van der Waals surface area contributed by atoms with E-state index in [2.05, 4.69) is 17.3 Å². The number of nitro groups is 1. The molecular weight excluding hydrogens is 268 g/mol. The van der Waals surface area contributed by atoms with E-state index in [9.17, 15) is 10.1 Å². The van der Waals surface area contributed by atoms with E-state index in [1.165, 1.54) is 6.07 Å². The number of aryl methyl sites for hydroxylation is 1. The van der Waals surface area contributed by atoms with E-state index >= 15 is 0 Å². The summed E-state index contributed by atoms with van der Waals surface area (Å²) in [6.07, 6.45) is 3.86. The average Bonchev–Trinajstić information content (AvgIpc) is 2.94. The summed E-state index contributed by atoms with van der Waals surface area (Å²) in [5.41, 5.74) is 2.94. The lowest BCUT2D eigenvalue weighted by Gasteiger charge is -2.13. The normalized spacial score (nSPS) is 12.3. The van der Waals surface area contributed by atoms with E-state index in [4.69, 9.17) is 0 Å². The van der Waals surface area contributed by atoms with Crippen molar-refractivity contribution in [3.63, 3.8) is 0 Å². The van der Waals surface area contributed by atoms with Crippen molar-refractivity contribution in [3.05, 3.63) is 57.4 Å².